The Morgan fingerprint density at radius 1 is 1.20 bits per heavy atom. The largest absolute Gasteiger partial charge is 0.497 e. The minimum atomic E-state index is -1.39. The highest BCUT2D eigenvalue weighted by molar-refractivity contribution is 6.11. The molecule has 0 unspecified atom stereocenters. The van der Waals surface area contributed by atoms with Gasteiger partial charge < -0.3 is 15.4 Å². The number of hydrogen-bond acceptors (Lipinski definition) is 5. The van der Waals surface area contributed by atoms with Crippen LogP contribution in [0, 0.1) is 5.82 Å². The number of hydrogen-bond donors (Lipinski definition) is 2. The lowest BCUT2D eigenvalue weighted by Gasteiger charge is -2.22. The van der Waals surface area contributed by atoms with Gasteiger partial charge in [0.25, 0.3) is 5.91 Å². The molecule has 1 aliphatic heterocycles. The minimum Gasteiger partial charge on any atom is -0.497 e. The summed E-state index contributed by atoms with van der Waals surface area (Å²) in [4.78, 5) is 49.8. The van der Waals surface area contributed by atoms with E-state index in [4.69, 9.17) is 4.74 Å². The highest BCUT2D eigenvalue weighted by atomic mass is 19.1. The number of ether oxygens (including phenoxy) is 1. The van der Waals surface area contributed by atoms with Gasteiger partial charge in [0, 0.05) is 12.6 Å². The van der Waals surface area contributed by atoms with Gasteiger partial charge in [-0.05, 0) is 42.8 Å². The van der Waals surface area contributed by atoms with Gasteiger partial charge in [-0.15, -0.1) is 0 Å². The van der Waals surface area contributed by atoms with Crippen LogP contribution in [0.3, 0.4) is 0 Å². The molecule has 9 heteroatoms. The van der Waals surface area contributed by atoms with E-state index in [1.54, 1.807) is 24.3 Å². The van der Waals surface area contributed by atoms with Gasteiger partial charge >= 0.3 is 6.03 Å². The Morgan fingerprint density at radius 3 is 2.57 bits per heavy atom. The van der Waals surface area contributed by atoms with Crippen LogP contribution >= 0.6 is 0 Å². The molecular formula is C21H20FN3O5. The maximum Gasteiger partial charge on any atom is 0.325 e. The Bertz CT molecular complexity index is 1050. The fourth-order valence-corrected chi connectivity index (χ4v) is 3.22. The molecule has 8 nitrogen and oxygen atoms in total. The summed E-state index contributed by atoms with van der Waals surface area (Å²) in [5.41, 5.74) is -1.00. The van der Waals surface area contributed by atoms with E-state index in [9.17, 15) is 23.6 Å². The molecule has 0 aromatic heterocycles. The highest BCUT2D eigenvalue weighted by Gasteiger charge is 2.49. The second-order valence-corrected chi connectivity index (χ2v) is 6.98. The average Bonchev–Trinajstić information content (AvgIpc) is 2.91. The van der Waals surface area contributed by atoms with Crippen LogP contribution in [0.4, 0.5) is 14.9 Å². The van der Waals surface area contributed by atoms with Crippen LogP contribution in [0.1, 0.15) is 29.8 Å². The van der Waals surface area contributed by atoms with E-state index in [0.717, 1.165) is 11.0 Å². The molecule has 3 rings (SSSR count). The van der Waals surface area contributed by atoms with E-state index >= 15 is 0 Å². The molecule has 0 saturated carbocycles. The van der Waals surface area contributed by atoms with E-state index in [1.807, 2.05) is 0 Å². The third-order valence-electron chi connectivity index (χ3n) is 4.81. The van der Waals surface area contributed by atoms with E-state index in [1.165, 1.54) is 33.1 Å². The third kappa shape index (κ3) is 3.86. The number of imide groups is 1. The second kappa shape index (κ2) is 7.94. The van der Waals surface area contributed by atoms with Gasteiger partial charge in [-0.1, -0.05) is 12.1 Å². The first kappa shape index (κ1) is 21.0. The van der Waals surface area contributed by atoms with Crippen LogP contribution in [0.5, 0.6) is 5.75 Å². The number of amides is 4. The zero-order chi connectivity index (χ0) is 22.1. The molecule has 1 fully saturated rings. The number of methoxy groups -OCH3 is 1. The first-order chi connectivity index (χ1) is 14.2. The topological polar surface area (TPSA) is 105 Å². The predicted molar refractivity (Wildman–Crippen MR) is 106 cm³/mol. The van der Waals surface area contributed by atoms with Crippen molar-refractivity contribution in [3.63, 3.8) is 0 Å². The number of urea groups is 1. The molecule has 0 spiro atoms. The van der Waals surface area contributed by atoms with E-state index in [2.05, 4.69) is 10.6 Å². The van der Waals surface area contributed by atoms with Crippen LogP contribution in [0.25, 0.3) is 0 Å². The molecule has 1 heterocycles. The number of nitrogens with one attached hydrogen (secondary N) is 2. The van der Waals surface area contributed by atoms with Gasteiger partial charge in [0.05, 0.1) is 19.2 Å². The summed E-state index contributed by atoms with van der Waals surface area (Å²) in [6.07, 6.45) is 0. The Morgan fingerprint density at radius 2 is 1.93 bits per heavy atom. The first-order valence-corrected chi connectivity index (χ1v) is 9.04. The lowest BCUT2D eigenvalue weighted by atomic mass is 9.92. The Labute approximate surface area is 172 Å². The van der Waals surface area contributed by atoms with Crippen LogP contribution < -0.4 is 15.4 Å². The monoisotopic (exact) mass is 413 g/mol. The minimum absolute atomic E-state index is 0.192. The second-order valence-electron chi connectivity index (χ2n) is 6.98. The number of carbonyl (C=O) groups is 4. The smallest absolute Gasteiger partial charge is 0.325 e. The molecule has 4 amide bonds. The number of nitrogens with zero attached hydrogens (tertiary/aromatic N) is 1. The van der Waals surface area contributed by atoms with E-state index in [0.29, 0.717) is 11.3 Å². The summed E-state index contributed by atoms with van der Waals surface area (Å²) < 4.78 is 19.5. The molecule has 1 aliphatic rings. The molecular weight excluding hydrogens is 393 g/mol. The van der Waals surface area contributed by atoms with Crippen LogP contribution in [0.2, 0.25) is 0 Å². The van der Waals surface area contributed by atoms with Crippen LogP contribution in [-0.4, -0.2) is 42.2 Å². The van der Waals surface area contributed by atoms with Gasteiger partial charge in [-0.3, -0.25) is 19.3 Å². The lowest BCUT2D eigenvalue weighted by molar-refractivity contribution is -0.130. The quantitative estimate of drug-likeness (QED) is 0.559. The van der Waals surface area contributed by atoms with Crippen LogP contribution in [-0.2, 0) is 15.1 Å². The maximum atomic E-state index is 14.3. The zero-order valence-corrected chi connectivity index (χ0v) is 16.6. The Balaban J connectivity index is 1.81. The summed E-state index contributed by atoms with van der Waals surface area (Å²) in [5.74, 6) is -2.13. The Kier molecular flexibility index (Phi) is 5.55. The summed E-state index contributed by atoms with van der Waals surface area (Å²) in [7, 11) is 1.48. The number of carbonyl (C=O) groups excluding carboxylic acids is 4. The molecule has 2 aromatic carbocycles. The van der Waals surface area contributed by atoms with Crippen molar-refractivity contribution in [2.75, 3.05) is 19.0 Å². The van der Waals surface area contributed by atoms with Gasteiger partial charge in [-0.25, -0.2) is 9.18 Å². The number of halogens is 1. The molecule has 0 bridgehead atoms. The van der Waals surface area contributed by atoms with Gasteiger partial charge in [0.2, 0.25) is 5.91 Å². The van der Waals surface area contributed by atoms with E-state index < -0.39 is 35.6 Å². The van der Waals surface area contributed by atoms with Gasteiger partial charge in [0.15, 0.2) is 5.78 Å². The fraction of sp³-hybridized carbons (Fsp3) is 0.238. The van der Waals surface area contributed by atoms with Crippen molar-refractivity contribution in [3.8, 4) is 5.75 Å². The summed E-state index contributed by atoms with van der Waals surface area (Å²) in [5, 5.41) is 5.00. The van der Waals surface area contributed by atoms with Crippen molar-refractivity contribution in [3.05, 3.63) is 59.4 Å². The summed E-state index contributed by atoms with van der Waals surface area (Å²) in [6.45, 7) is 2.17. The predicted octanol–water partition coefficient (Wildman–Crippen LogP) is 2.44. The maximum absolute atomic E-state index is 14.3. The first-order valence-electron chi connectivity index (χ1n) is 9.04. The molecule has 2 aromatic rings. The molecule has 0 radical (unpaired) electrons. The van der Waals surface area contributed by atoms with Crippen molar-refractivity contribution in [1.82, 2.24) is 10.2 Å². The van der Waals surface area contributed by atoms with Crippen molar-refractivity contribution in [2.45, 2.75) is 19.4 Å². The van der Waals surface area contributed by atoms with Crippen molar-refractivity contribution < 1.29 is 28.3 Å². The van der Waals surface area contributed by atoms with E-state index in [-0.39, 0.29) is 17.2 Å². The number of ketones is 1. The number of anilines is 1. The number of benzene rings is 2. The van der Waals surface area contributed by atoms with Crippen molar-refractivity contribution >= 4 is 29.3 Å². The Hall–Kier alpha value is -3.75. The highest BCUT2D eigenvalue weighted by Crippen LogP contribution is 2.31. The summed E-state index contributed by atoms with van der Waals surface area (Å²) in [6, 6.07) is 9.46. The number of rotatable bonds is 6. The molecule has 156 valence electrons. The van der Waals surface area contributed by atoms with Crippen LogP contribution in [0.15, 0.2) is 42.5 Å². The molecule has 1 saturated heterocycles. The summed E-state index contributed by atoms with van der Waals surface area (Å²) >= 11 is 0. The standard InChI is InChI=1S/C21H20FN3O5/c1-12(26)23-14-7-8-16(17(22)10-14)18(27)11-25-19(28)21(2,24-20(25)29)13-5-4-6-15(9-13)30-3/h4-10H,11H2,1-3H3,(H,23,26)(H,24,29)/t21-/m1/s1. The third-order valence-corrected chi connectivity index (χ3v) is 4.81. The lowest BCUT2D eigenvalue weighted by Crippen LogP contribution is -2.41. The van der Waals surface area contributed by atoms with Gasteiger partial charge in [-0.2, -0.15) is 0 Å². The fourth-order valence-electron chi connectivity index (χ4n) is 3.22. The number of Topliss-reactive ketones (excluding diaryl/α,β-unsaturated/α-hetero) is 1. The molecule has 1 atom stereocenters. The van der Waals surface area contributed by atoms with Gasteiger partial charge in [0.1, 0.15) is 17.1 Å². The molecule has 2 N–H and O–H groups in total. The van der Waals surface area contributed by atoms with Crippen molar-refractivity contribution in [2.24, 2.45) is 0 Å². The molecule has 0 aliphatic carbocycles. The SMILES string of the molecule is COc1cccc([C@@]2(C)NC(=O)N(CC(=O)c3ccc(NC(C)=O)cc3F)C2=O)c1. The normalized spacial score (nSPS) is 18.2. The average molecular weight is 413 g/mol. The zero-order valence-electron chi connectivity index (χ0n) is 16.6. The molecule has 30 heavy (non-hydrogen) atoms. The van der Waals surface area contributed by atoms with Crippen molar-refractivity contribution in [1.29, 1.82) is 0 Å².